The first kappa shape index (κ1) is 13.8. The molecule has 4 nitrogen and oxygen atoms in total. The van der Waals surface area contributed by atoms with Crippen LogP contribution in [0.5, 0.6) is 0 Å². The highest BCUT2D eigenvalue weighted by atomic mass is 127. The van der Waals surface area contributed by atoms with Gasteiger partial charge in [0.05, 0.1) is 5.56 Å². The van der Waals surface area contributed by atoms with Crippen LogP contribution in [-0.4, -0.2) is 36.3 Å². The van der Waals surface area contributed by atoms with E-state index < -0.39 is 0 Å². The number of halogens is 2. The van der Waals surface area contributed by atoms with Crippen LogP contribution in [-0.2, 0) is 4.79 Å². The summed E-state index contributed by atoms with van der Waals surface area (Å²) in [7, 11) is 0. The van der Waals surface area contributed by atoms with Gasteiger partial charge in [-0.25, -0.2) is 0 Å². The number of hydrogen-bond acceptors (Lipinski definition) is 2. The van der Waals surface area contributed by atoms with Crippen LogP contribution in [0, 0.1) is 3.57 Å². The van der Waals surface area contributed by atoms with Crippen molar-refractivity contribution in [3.63, 3.8) is 0 Å². The van der Waals surface area contributed by atoms with Gasteiger partial charge >= 0.3 is 0 Å². The number of carbonyl (C=O) groups excluding carboxylic acids is 2. The van der Waals surface area contributed by atoms with Gasteiger partial charge in [-0.2, -0.15) is 0 Å². The van der Waals surface area contributed by atoms with E-state index in [0.717, 1.165) is 8.04 Å². The van der Waals surface area contributed by atoms with Gasteiger partial charge < -0.3 is 10.2 Å². The van der Waals surface area contributed by atoms with Crippen LogP contribution in [0.3, 0.4) is 0 Å². The van der Waals surface area contributed by atoms with E-state index >= 15 is 0 Å². The smallest absolute Gasteiger partial charge is 0.255 e. The molecular formula is C12H12BrIN2O2. The van der Waals surface area contributed by atoms with Gasteiger partial charge in [0.25, 0.3) is 5.91 Å². The molecule has 2 amide bonds. The van der Waals surface area contributed by atoms with Crippen molar-refractivity contribution in [2.45, 2.75) is 6.42 Å². The summed E-state index contributed by atoms with van der Waals surface area (Å²) in [6, 6.07) is 5.63. The first-order valence-electron chi connectivity index (χ1n) is 5.59. The second kappa shape index (κ2) is 6.01. The van der Waals surface area contributed by atoms with Crippen molar-refractivity contribution < 1.29 is 9.59 Å². The Morgan fingerprint density at radius 2 is 2.17 bits per heavy atom. The molecule has 1 fully saturated rings. The Bertz CT molecular complexity index is 493. The van der Waals surface area contributed by atoms with Crippen LogP contribution in [0.2, 0.25) is 0 Å². The fourth-order valence-corrected chi connectivity index (χ4v) is 2.73. The van der Waals surface area contributed by atoms with Crippen molar-refractivity contribution in [3.8, 4) is 0 Å². The molecule has 1 aromatic carbocycles. The molecule has 1 aliphatic rings. The Morgan fingerprint density at radius 1 is 1.39 bits per heavy atom. The summed E-state index contributed by atoms with van der Waals surface area (Å²) >= 11 is 5.52. The Kier molecular flexibility index (Phi) is 4.60. The lowest BCUT2D eigenvalue weighted by Crippen LogP contribution is -2.34. The Hall–Kier alpha value is -0.630. The number of amides is 2. The zero-order valence-electron chi connectivity index (χ0n) is 9.58. The summed E-state index contributed by atoms with van der Waals surface area (Å²) in [5.41, 5.74) is 0.680. The molecule has 0 radical (unpaired) electrons. The molecule has 0 aliphatic carbocycles. The average molecular weight is 423 g/mol. The molecule has 1 aliphatic heterocycles. The van der Waals surface area contributed by atoms with E-state index in [1.54, 1.807) is 4.90 Å². The predicted octanol–water partition coefficient (Wildman–Crippen LogP) is 2.02. The molecule has 1 aromatic rings. The van der Waals surface area contributed by atoms with Crippen molar-refractivity contribution in [3.05, 3.63) is 31.8 Å². The van der Waals surface area contributed by atoms with Crippen LogP contribution in [0.25, 0.3) is 0 Å². The third-order valence-corrected chi connectivity index (χ3v) is 4.19. The summed E-state index contributed by atoms with van der Waals surface area (Å²) in [6.07, 6.45) is 0.371. The number of carbonyl (C=O) groups is 2. The Labute approximate surface area is 127 Å². The van der Waals surface area contributed by atoms with Gasteiger partial charge in [0.15, 0.2) is 0 Å². The molecule has 2 rings (SSSR count). The second-order valence-corrected chi connectivity index (χ2v) is 6.09. The van der Waals surface area contributed by atoms with E-state index in [1.165, 1.54) is 0 Å². The van der Waals surface area contributed by atoms with E-state index in [4.69, 9.17) is 0 Å². The maximum Gasteiger partial charge on any atom is 0.255 e. The molecule has 96 valence electrons. The molecule has 0 saturated carbocycles. The fourth-order valence-electron chi connectivity index (χ4n) is 1.80. The third kappa shape index (κ3) is 3.23. The largest absolute Gasteiger partial charge is 0.354 e. The lowest BCUT2D eigenvalue weighted by molar-refractivity contribution is -0.120. The van der Waals surface area contributed by atoms with Crippen molar-refractivity contribution in [1.82, 2.24) is 10.2 Å². The SMILES string of the molecule is O=C1CCN(C(=O)c2cc(Br)ccc2I)CCN1. The van der Waals surface area contributed by atoms with Gasteiger partial charge in [0.1, 0.15) is 0 Å². The minimum Gasteiger partial charge on any atom is -0.354 e. The van der Waals surface area contributed by atoms with E-state index in [0.29, 0.717) is 31.6 Å². The minimum atomic E-state index is -0.0165. The topological polar surface area (TPSA) is 49.4 Å². The maximum atomic E-state index is 12.4. The van der Waals surface area contributed by atoms with Gasteiger partial charge in [-0.3, -0.25) is 9.59 Å². The average Bonchev–Trinajstić information content (AvgIpc) is 2.56. The van der Waals surface area contributed by atoms with E-state index in [9.17, 15) is 9.59 Å². The molecule has 0 unspecified atom stereocenters. The Balaban J connectivity index is 2.19. The number of nitrogens with one attached hydrogen (secondary N) is 1. The number of nitrogens with zero attached hydrogens (tertiary/aromatic N) is 1. The highest BCUT2D eigenvalue weighted by Crippen LogP contribution is 2.20. The highest BCUT2D eigenvalue weighted by Gasteiger charge is 2.21. The molecule has 0 aromatic heterocycles. The minimum absolute atomic E-state index is 0.00855. The first-order chi connectivity index (χ1) is 8.58. The molecule has 0 atom stereocenters. The van der Waals surface area contributed by atoms with Crippen LogP contribution in [0.15, 0.2) is 22.7 Å². The maximum absolute atomic E-state index is 12.4. The monoisotopic (exact) mass is 422 g/mol. The lowest BCUT2D eigenvalue weighted by Gasteiger charge is -2.20. The summed E-state index contributed by atoms with van der Waals surface area (Å²) in [4.78, 5) is 25.4. The van der Waals surface area contributed by atoms with Crippen molar-refractivity contribution in [2.75, 3.05) is 19.6 Å². The quantitative estimate of drug-likeness (QED) is 0.704. The molecule has 0 spiro atoms. The summed E-state index contributed by atoms with van der Waals surface area (Å²) < 4.78 is 1.81. The molecule has 1 heterocycles. The highest BCUT2D eigenvalue weighted by molar-refractivity contribution is 14.1. The summed E-state index contributed by atoms with van der Waals surface area (Å²) in [5, 5.41) is 2.76. The first-order valence-corrected chi connectivity index (χ1v) is 7.46. The van der Waals surface area contributed by atoms with Crippen molar-refractivity contribution in [2.24, 2.45) is 0 Å². The van der Waals surface area contributed by atoms with Gasteiger partial charge in [0, 0.05) is 34.1 Å². The molecule has 1 saturated heterocycles. The molecule has 6 heteroatoms. The third-order valence-electron chi connectivity index (χ3n) is 2.76. The fraction of sp³-hybridized carbons (Fsp3) is 0.333. The lowest BCUT2D eigenvalue weighted by atomic mass is 10.2. The van der Waals surface area contributed by atoms with Crippen molar-refractivity contribution in [1.29, 1.82) is 0 Å². The van der Waals surface area contributed by atoms with E-state index in [-0.39, 0.29) is 11.8 Å². The van der Waals surface area contributed by atoms with Gasteiger partial charge in [0.2, 0.25) is 5.91 Å². The Morgan fingerprint density at radius 3 is 2.94 bits per heavy atom. The second-order valence-electron chi connectivity index (χ2n) is 4.02. The van der Waals surface area contributed by atoms with Crippen LogP contribution in [0.4, 0.5) is 0 Å². The van der Waals surface area contributed by atoms with E-state index in [1.807, 2.05) is 18.2 Å². The molecule has 0 bridgehead atoms. The molecule has 1 N–H and O–H groups in total. The zero-order valence-corrected chi connectivity index (χ0v) is 13.3. The zero-order chi connectivity index (χ0) is 13.1. The normalized spacial score (nSPS) is 16.1. The number of rotatable bonds is 1. The van der Waals surface area contributed by atoms with Crippen LogP contribution < -0.4 is 5.32 Å². The standard InChI is InChI=1S/C12H12BrIN2O2/c13-8-1-2-10(14)9(7-8)12(18)16-5-3-11(17)15-4-6-16/h1-2,7H,3-6H2,(H,15,17). The van der Waals surface area contributed by atoms with Gasteiger partial charge in [-0.15, -0.1) is 0 Å². The van der Waals surface area contributed by atoms with Gasteiger partial charge in [-0.05, 0) is 40.8 Å². The van der Waals surface area contributed by atoms with E-state index in [2.05, 4.69) is 43.8 Å². The van der Waals surface area contributed by atoms with Crippen molar-refractivity contribution >= 4 is 50.3 Å². The van der Waals surface area contributed by atoms with Crippen LogP contribution in [0.1, 0.15) is 16.8 Å². The van der Waals surface area contributed by atoms with Crippen LogP contribution >= 0.6 is 38.5 Å². The predicted molar refractivity (Wildman–Crippen MR) is 80.4 cm³/mol. The number of benzene rings is 1. The molecule has 18 heavy (non-hydrogen) atoms. The molecular weight excluding hydrogens is 411 g/mol. The number of hydrogen-bond donors (Lipinski definition) is 1. The summed E-state index contributed by atoms with van der Waals surface area (Å²) in [6.45, 7) is 1.57. The van der Waals surface area contributed by atoms with Gasteiger partial charge in [-0.1, -0.05) is 15.9 Å². The summed E-state index contributed by atoms with van der Waals surface area (Å²) in [5.74, 6) is -0.00793.